The maximum atomic E-state index is 12.3. The highest BCUT2D eigenvalue weighted by Gasteiger charge is 2.23. The molecule has 4 rings (SSSR count). The van der Waals surface area contributed by atoms with E-state index in [1.54, 1.807) is 11.3 Å². The molecule has 0 fully saturated rings. The maximum absolute atomic E-state index is 12.3. The van der Waals surface area contributed by atoms with E-state index in [1.807, 2.05) is 6.92 Å². The number of nitrogens with one attached hydrogen (secondary N) is 2. The SMILES string of the molecule is CCc1nc(NCCNC(=O)c2ccc([N+](=O)[O-])cc2)c2c3c(sc2n1)CC(C)CC3. The van der Waals surface area contributed by atoms with Crippen LogP contribution in [0.1, 0.15) is 46.9 Å². The van der Waals surface area contributed by atoms with Gasteiger partial charge in [-0.15, -0.1) is 11.3 Å². The Morgan fingerprint density at radius 3 is 2.74 bits per heavy atom. The van der Waals surface area contributed by atoms with Gasteiger partial charge in [0.05, 0.1) is 10.3 Å². The summed E-state index contributed by atoms with van der Waals surface area (Å²) in [7, 11) is 0. The van der Waals surface area contributed by atoms with Crippen LogP contribution in [0.25, 0.3) is 10.2 Å². The summed E-state index contributed by atoms with van der Waals surface area (Å²) >= 11 is 1.78. The third-order valence-corrected chi connectivity index (χ3v) is 6.71. The number of nitrogens with zero attached hydrogens (tertiary/aromatic N) is 3. The van der Waals surface area contributed by atoms with Gasteiger partial charge < -0.3 is 10.6 Å². The number of non-ortho nitro benzene ring substituents is 1. The van der Waals surface area contributed by atoms with E-state index >= 15 is 0 Å². The van der Waals surface area contributed by atoms with Crippen LogP contribution < -0.4 is 10.6 Å². The van der Waals surface area contributed by atoms with Crippen molar-refractivity contribution >= 4 is 39.0 Å². The molecule has 0 bridgehead atoms. The van der Waals surface area contributed by atoms with Gasteiger partial charge in [-0.3, -0.25) is 14.9 Å². The van der Waals surface area contributed by atoms with Crippen molar-refractivity contribution < 1.29 is 9.72 Å². The summed E-state index contributed by atoms with van der Waals surface area (Å²) < 4.78 is 0. The zero-order valence-electron chi connectivity index (χ0n) is 17.6. The summed E-state index contributed by atoms with van der Waals surface area (Å²) in [6, 6.07) is 5.58. The minimum atomic E-state index is -0.484. The molecule has 2 N–H and O–H groups in total. The zero-order chi connectivity index (χ0) is 22.0. The third kappa shape index (κ3) is 4.51. The molecule has 1 aliphatic carbocycles. The second-order valence-electron chi connectivity index (χ2n) is 7.86. The Labute approximate surface area is 184 Å². The van der Waals surface area contributed by atoms with Gasteiger partial charge in [-0.2, -0.15) is 0 Å². The highest BCUT2D eigenvalue weighted by molar-refractivity contribution is 7.19. The van der Waals surface area contributed by atoms with Crippen molar-refractivity contribution in [2.24, 2.45) is 5.92 Å². The molecule has 162 valence electrons. The summed E-state index contributed by atoms with van der Waals surface area (Å²) in [6.07, 6.45) is 4.10. The quantitative estimate of drug-likeness (QED) is 0.325. The summed E-state index contributed by atoms with van der Waals surface area (Å²) in [5, 5.41) is 18.1. The van der Waals surface area contributed by atoms with E-state index in [0.29, 0.717) is 24.6 Å². The van der Waals surface area contributed by atoms with Gasteiger partial charge >= 0.3 is 0 Å². The molecule has 1 aliphatic rings. The van der Waals surface area contributed by atoms with Gasteiger partial charge in [-0.1, -0.05) is 13.8 Å². The van der Waals surface area contributed by atoms with Crippen LogP contribution in [0.5, 0.6) is 0 Å². The summed E-state index contributed by atoms with van der Waals surface area (Å²) in [5.74, 6) is 2.10. The Balaban J connectivity index is 1.44. The van der Waals surface area contributed by atoms with Gasteiger partial charge in [0.25, 0.3) is 11.6 Å². The maximum Gasteiger partial charge on any atom is 0.269 e. The molecular formula is C22H25N5O3S. The first-order chi connectivity index (χ1) is 15.0. The van der Waals surface area contributed by atoms with E-state index in [1.165, 1.54) is 41.1 Å². The fraction of sp³-hybridized carbons (Fsp3) is 0.409. The predicted octanol–water partition coefficient (Wildman–Crippen LogP) is 4.13. The molecule has 1 amide bonds. The number of benzene rings is 1. The largest absolute Gasteiger partial charge is 0.368 e. The van der Waals surface area contributed by atoms with E-state index < -0.39 is 4.92 Å². The van der Waals surface area contributed by atoms with Crippen LogP contribution in [-0.4, -0.2) is 33.9 Å². The lowest BCUT2D eigenvalue weighted by Gasteiger charge is -2.18. The van der Waals surface area contributed by atoms with E-state index in [-0.39, 0.29) is 11.6 Å². The fourth-order valence-corrected chi connectivity index (χ4v) is 5.27. The van der Waals surface area contributed by atoms with E-state index in [2.05, 4.69) is 17.6 Å². The number of hydrogen-bond donors (Lipinski definition) is 2. The van der Waals surface area contributed by atoms with E-state index in [0.717, 1.165) is 41.1 Å². The standard InChI is InChI=1S/C22H25N5O3S/c1-3-18-25-20(19-16-9-4-13(2)12-17(16)31-22(19)26-18)23-10-11-24-21(28)14-5-7-15(8-6-14)27(29)30/h5-8,13H,3-4,9-12H2,1-2H3,(H,24,28)(H,23,25,26). The lowest BCUT2D eigenvalue weighted by atomic mass is 9.89. The van der Waals surface area contributed by atoms with Crippen LogP contribution in [0.2, 0.25) is 0 Å². The average Bonchev–Trinajstić information content (AvgIpc) is 3.13. The molecule has 31 heavy (non-hydrogen) atoms. The third-order valence-electron chi connectivity index (χ3n) is 5.56. The Kier molecular flexibility index (Phi) is 6.13. The van der Waals surface area contributed by atoms with E-state index in [9.17, 15) is 14.9 Å². The molecule has 1 atom stereocenters. The summed E-state index contributed by atoms with van der Waals surface area (Å²) in [6.45, 7) is 5.27. The average molecular weight is 440 g/mol. The molecule has 9 heteroatoms. The number of carbonyl (C=O) groups is 1. The Morgan fingerprint density at radius 1 is 1.26 bits per heavy atom. The summed E-state index contributed by atoms with van der Waals surface area (Å²) in [4.78, 5) is 34.5. The predicted molar refractivity (Wildman–Crippen MR) is 122 cm³/mol. The Morgan fingerprint density at radius 2 is 2.03 bits per heavy atom. The minimum absolute atomic E-state index is 0.0359. The van der Waals surface area contributed by atoms with Crippen LogP contribution >= 0.6 is 11.3 Å². The highest BCUT2D eigenvalue weighted by atomic mass is 32.1. The molecule has 0 saturated heterocycles. The van der Waals surface area contributed by atoms with Crippen molar-refractivity contribution in [1.29, 1.82) is 0 Å². The summed E-state index contributed by atoms with van der Waals surface area (Å²) in [5.41, 5.74) is 1.73. The monoisotopic (exact) mass is 439 g/mol. The molecule has 8 nitrogen and oxygen atoms in total. The highest BCUT2D eigenvalue weighted by Crippen LogP contribution is 2.40. The molecule has 0 aliphatic heterocycles. The van der Waals surface area contributed by atoms with Gasteiger partial charge in [0.1, 0.15) is 16.5 Å². The van der Waals surface area contributed by atoms with Crippen molar-refractivity contribution in [2.75, 3.05) is 18.4 Å². The zero-order valence-corrected chi connectivity index (χ0v) is 18.4. The first kappa shape index (κ1) is 21.2. The molecule has 1 unspecified atom stereocenters. The number of anilines is 1. The Bertz CT molecular complexity index is 1130. The number of aromatic nitrogens is 2. The number of thiophene rings is 1. The number of aryl methyl sites for hydroxylation is 2. The molecule has 0 saturated carbocycles. The normalized spacial score (nSPS) is 15.5. The first-order valence-corrected chi connectivity index (χ1v) is 11.4. The van der Waals surface area contributed by atoms with Crippen LogP contribution in [0.15, 0.2) is 24.3 Å². The molecule has 2 heterocycles. The van der Waals surface area contributed by atoms with Gasteiger partial charge in [0.15, 0.2) is 0 Å². The number of rotatable bonds is 7. The number of nitro groups is 1. The smallest absolute Gasteiger partial charge is 0.269 e. The van der Waals surface area contributed by atoms with Crippen LogP contribution in [0.4, 0.5) is 11.5 Å². The number of fused-ring (bicyclic) bond motifs is 3. The lowest BCUT2D eigenvalue weighted by molar-refractivity contribution is -0.384. The van der Waals surface area contributed by atoms with Crippen molar-refractivity contribution in [3.8, 4) is 0 Å². The van der Waals surface area contributed by atoms with Crippen LogP contribution in [-0.2, 0) is 19.3 Å². The number of amides is 1. The molecule has 3 aromatic rings. The van der Waals surface area contributed by atoms with Gasteiger partial charge in [0.2, 0.25) is 0 Å². The van der Waals surface area contributed by atoms with Crippen molar-refractivity contribution in [1.82, 2.24) is 15.3 Å². The minimum Gasteiger partial charge on any atom is -0.368 e. The van der Waals surface area contributed by atoms with Crippen molar-refractivity contribution in [3.05, 3.63) is 56.2 Å². The number of hydrogen-bond acceptors (Lipinski definition) is 7. The number of nitro benzene ring substituents is 1. The Hall–Kier alpha value is -3.07. The van der Waals surface area contributed by atoms with Crippen LogP contribution in [0.3, 0.4) is 0 Å². The van der Waals surface area contributed by atoms with Gasteiger partial charge in [0, 0.05) is 42.1 Å². The molecule has 0 spiro atoms. The van der Waals surface area contributed by atoms with Gasteiger partial charge in [-0.25, -0.2) is 9.97 Å². The lowest BCUT2D eigenvalue weighted by Crippen LogP contribution is -2.29. The van der Waals surface area contributed by atoms with Gasteiger partial charge in [-0.05, 0) is 42.9 Å². The molecule has 2 aromatic heterocycles. The fourth-order valence-electron chi connectivity index (χ4n) is 3.87. The first-order valence-electron chi connectivity index (χ1n) is 10.5. The molecule has 0 radical (unpaired) electrons. The molecular weight excluding hydrogens is 414 g/mol. The van der Waals surface area contributed by atoms with Crippen molar-refractivity contribution in [3.63, 3.8) is 0 Å². The van der Waals surface area contributed by atoms with Crippen molar-refractivity contribution in [2.45, 2.75) is 39.5 Å². The molecule has 1 aromatic carbocycles. The topological polar surface area (TPSA) is 110 Å². The van der Waals surface area contributed by atoms with Crippen LogP contribution in [0, 0.1) is 16.0 Å². The van der Waals surface area contributed by atoms with E-state index in [4.69, 9.17) is 9.97 Å². The number of carbonyl (C=O) groups excluding carboxylic acids is 1. The second-order valence-corrected chi connectivity index (χ2v) is 8.94. The second kappa shape index (κ2) is 8.97.